The molecule has 3 nitrogen and oxygen atoms in total. The molecule has 3 N–H and O–H groups in total. The fourth-order valence-corrected chi connectivity index (χ4v) is 1.57. The normalized spacial score (nSPS) is 12.6. The molecule has 1 rings (SSSR count). The summed E-state index contributed by atoms with van der Waals surface area (Å²) in [5, 5.41) is 2.75. The van der Waals surface area contributed by atoms with Crippen LogP contribution in [-0.2, 0) is 0 Å². The number of hydrogen-bond acceptors (Lipinski definition) is 2. The SMILES string of the molecule is Cc1cccc(C(=O)NC(CN)C(C)C)c1F. The molecule has 1 atom stereocenters. The molecule has 0 aliphatic heterocycles. The van der Waals surface area contributed by atoms with Gasteiger partial charge in [-0.15, -0.1) is 0 Å². The number of benzene rings is 1. The number of carbonyl (C=O) groups is 1. The van der Waals surface area contributed by atoms with Gasteiger partial charge in [-0.1, -0.05) is 26.0 Å². The van der Waals surface area contributed by atoms with Gasteiger partial charge in [0.15, 0.2) is 0 Å². The van der Waals surface area contributed by atoms with Crippen LogP contribution in [0.4, 0.5) is 4.39 Å². The lowest BCUT2D eigenvalue weighted by Gasteiger charge is -2.20. The lowest BCUT2D eigenvalue weighted by Crippen LogP contribution is -2.43. The number of nitrogens with two attached hydrogens (primary N) is 1. The van der Waals surface area contributed by atoms with E-state index in [9.17, 15) is 9.18 Å². The topological polar surface area (TPSA) is 55.1 Å². The van der Waals surface area contributed by atoms with E-state index in [1.165, 1.54) is 6.07 Å². The Kier molecular flexibility index (Phi) is 4.63. The van der Waals surface area contributed by atoms with Crippen LogP contribution in [-0.4, -0.2) is 18.5 Å². The third-order valence-electron chi connectivity index (χ3n) is 2.81. The van der Waals surface area contributed by atoms with Crippen molar-refractivity contribution in [2.45, 2.75) is 26.8 Å². The molecule has 4 heteroatoms. The molecule has 94 valence electrons. The van der Waals surface area contributed by atoms with E-state index in [-0.39, 0.29) is 17.5 Å². The molecule has 0 aromatic heterocycles. The Morgan fingerprint density at radius 3 is 2.65 bits per heavy atom. The van der Waals surface area contributed by atoms with E-state index >= 15 is 0 Å². The second-order valence-corrected chi connectivity index (χ2v) is 4.50. The van der Waals surface area contributed by atoms with Crippen LogP contribution in [0.3, 0.4) is 0 Å². The number of carbonyl (C=O) groups excluding carboxylic acids is 1. The molecular weight excluding hydrogens is 219 g/mol. The average molecular weight is 238 g/mol. The van der Waals surface area contributed by atoms with Gasteiger partial charge < -0.3 is 11.1 Å². The zero-order valence-electron chi connectivity index (χ0n) is 10.5. The van der Waals surface area contributed by atoms with Gasteiger partial charge in [-0.3, -0.25) is 4.79 Å². The summed E-state index contributed by atoms with van der Waals surface area (Å²) < 4.78 is 13.7. The summed E-state index contributed by atoms with van der Waals surface area (Å²) in [6.45, 7) is 5.90. The third kappa shape index (κ3) is 3.27. The maximum absolute atomic E-state index is 13.7. The summed E-state index contributed by atoms with van der Waals surface area (Å²) in [4.78, 5) is 11.9. The predicted octanol–water partition coefficient (Wildman–Crippen LogP) is 1.85. The third-order valence-corrected chi connectivity index (χ3v) is 2.81. The Balaban J connectivity index is 2.86. The summed E-state index contributed by atoms with van der Waals surface area (Å²) in [7, 11) is 0. The fraction of sp³-hybridized carbons (Fsp3) is 0.462. The van der Waals surface area contributed by atoms with E-state index in [1.807, 2.05) is 13.8 Å². The van der Waals surface area contributed by atoms with Gasteiger partial charge in [0.1, 0.15) is 5.82 Å². The predicted molar refractivity (Wildman–Crippen MR) is 66.3 cm³/mol. The van der Waals surface area contributed by atoms with Crippen LogP contribution in [0.25, 0.3) is 0 Å². The number of hydrogen-bond donors (Lipinski definition) is 2. The molecule has 1 unspecified atom stereocenters. The van der Waals surface area contributed by atoms with Crippen LogP contribution in [0.5, 0.6) is 0 Å². The highest BCUT2D eigenvalue weighted by atomic mass is 19.1. The molecular formula is C13H19FN2O. The Bertz CT molecular complexity index is 404. The minimum absolute atomic E-state index is 0.0732. The Labute approximate surface area is 101 Å². The molecule has 0 saturated heterocycles. The van der Waals surface area contributed by atoms with Crippen molar-refractivity contribution >= 4 is 5.91 Å². The number of aryl methyl sites for hydroxylation is 1. The molecule has 0 bridgehead atoms. The number of amides is 1. The fourth-order valence-electron chi connectivity index (χ4n) is 1.57. The monoisotopic (exact) mass is 238 g/mol. The second-order valence-electron chi connectivity index (χ2n) is 4.50. The number of nitrogens with one attached hydrogen (secondary N) is 1. The van der Waals surface area contributed by atoms with Gasteiger partial charge in [0.25, 0.3) is 5.91 Å². The van der Waals surface area contributed by atoms with Crippen molar-refractivity contribution in [3.8, 4) is 0 Å². The highest BCUT2D eigenvalue weighted by Crippen LogP contribution is 2.12. The van der Waals surface area contributed by atoms with Crippen LogP contribution in [0, 0.1) is 18.7 Å². The van der Waals surface area contributed by atoms with Gasteiger partial charge in [-0.05, 0) is 24.5 Å². The van der Waals surface area contributed by atoms with Gasteiger partial charge in [0.2, 0.25) is 0 Å². The zero-order chi connectivity index (χ0) is 13.0. The molecule has 1 aromatic carbocycles. The molecule has 0 aliphatic carbocycles. The van der Waals surface area contributed by atoms with Crippen LogP contribution < -0.4 is 11.1 Å². The minimum Gasteiger partial charge on any atom is -0.348 e. The van der Waals surface area contributed by atoms with Crippen molar-refractivity contribution < 1.29 is 9.18 Å². The summed E-state index contributed by atoms with van der Waals surface area (Å²) in [6.07, 6.45) is 0. The molecule has 0 spiro atoms. The van der Waals surface area contributed by atoms with Gasteiger partial charge in [-0.2, -0.15) is 0 Å². The van der Waals surface area contributed by atoms with Crippen molar-refractivity contribution in [2.24, 2.45) is 11.7 Å². The Hall–Kier alpha value is -1.42. The molecule has 0 aliphatic rings. The van der Waals surface area contributed by atoms with Crippen molar-refractivity contribution in [3.63, 3.8) is 0 Å². The highest BCUT2D eigenvalue weighted by Gasteiger charge is 2.18. The van der Waals surface area contributed by atoms with Crippen molar-refractivity contribution in [3.05, 3.63) is 35.1 Å². The van der Waals surface area contributed by atoms with Gasteiger partial charge in [0, 0.05) is 12.6 Å². The number of halogens is 1. The van der Waals surface area contributed by atoms with Crippen molar-refractivity contribution in [1.29, 1.82) is 0 Å². The summed E-state index contributed by atoms with van der Waals surface area (Å²) in [5.74, 6) is -0.656. The quantitative estimate of drug-likeness (QED) is 0.841. The smallest absolute Gasteiger partial charge is 0.254 e. The van der Waals surface area contributed by atoms with Crippen LogP contribution in [0.15, 0.2) is 18.2 Å². The van der Waals surface area contributed by atoms with Crippen LogP contribution >= 0.6 is 0 Å². The van der Waals surface area contributed by atoms with E-state index in [4.69, 9.17) is 5.73 Å². The van der Waals surface area contributed by atoms with E-state index < -0.39 is 11.7 Å². The van der Waals surface area contributed by atoms with Gasteiger partial charge in [0.05, 0.1) is 5.56 Å². The Morgan fingerprint density at radius 1 is 1.47 bits per heavy atom. The van der Waals surface area contributed by atoms with Crippen LogP contribution in [0.2, 0.25) is 0 Å². The molecule has 0 fully saturated rings. The lowest BCUT2D eigenvalue weighted by molar-refractivity contribution is 0.0923. The van der Waals surface area contributed by atoms with Gasteiger partial charge in [-0.25, -0.2) is 4.39 Å². The number of rotatable bonds is 4. The molecule has 0 radical (unpaired) electrons. The average Bonchev–Trinajstić information content (AvgIpc) is 2.28. The summed E-state index contributed by atoms with van der Waals surface area (Å²) in [5.41, 5.74) is 6.10. The standard InChI is InChI=1S/C13H19FN2O/c1-8(2)11(7-15)16-13(17)10-6-4-5-9(3)12(10)14/h4-6,8,11H,7,15H2,1-3H3,(H,16,17). The zero-order valence-corrected chi connectivity index (χ0v) is 10.5. The van der Waals surface area contributed by atoms with Gasteiger partial charge >= 0.3 is 0 Å². The van der Waals surface area contributed by atoms with Crippen molar-refractivity contribution in [2.75, 3.05) is 6.54 Å². The van der Waals surface area contributed by atoms with E-state index in [0.29, 0.717) is 12.1 Å². The maximum Gasteiger partial charge on any atom is 0.254 e. The van der Waals surface area contributed by atoms with E-state index in [1.54, 1.807) is 19.1 Å². The first kappa shape index (κ1) is 13.6. The van der Waals surface area contributed by atoms with E-state index in [2.05, 4.69) is 5.32 Å². The molecule has 1 amide bonds. The molecule has 0 heterocycles. The summed E-state index contributed by atoms with van der Waals surface area (Å²) >= 11 is 0. The first-order chi connectivity index (χ1) is 7.97. The van der Waals surface area contributed by atoms with Crippen molar-refractivity contribution in [1.82, 2.24) is 5.32 Å². The maximum atomic E-state index is 13.7. The summed E-state index contributed by atoms with van der Waals surface area (Å²) in [6, 6.07) is 4.64. The molecule has 0 saturated carbocycles. The first-order valence-electron chi connectivity index (χ1n) is 5.73. The van der Waals surface area contributed by atoms with E-state index in [0.717, 1.165) is 0 Å². The first-order valence-corrected chi connectivity index (χ1v) is 5.73. The minimum atomic E-state index is -0.468. The largest absolute Gasteiger partial charge is 0.348 e. The second kappa shape index (κ2) is 5.77. The van der Waals surface area contributed by atoms with Crippen LogP contribution in [0.1, 0.15) is 29.8 Å². The molecule has 1 aromatic rings. The highest BCUT2D eigenvalue weighted by molar-refractivity contribution is 5.94. The lowest BCUT2D eigenvalue weighted by atomic mass is 10.0. The molecule has 17 heavy (non-hydrogen) atoms. The Morgan fingerprint density at radius 2 is 2.12 bits per heavy atom.